The number of nitrogen functional groups attached to an aromatic ring is 1. The maximum Gasteiger partial charge on any atom is 0.257 e. The minimum absolute atomic E-state index is 0.333. The highest BCUT2D eigenvalue weighted by molar-refractivity contribution is 5.83. The smallest absolute Gasteiger partial charge is 0.257 e. The van der Waals surface area contributed by atoms with Crippen molar-refractivity contribution in [3.8, 4) is 29.0 Å². The quantitative estimate of drug-likeness (QED) is 0.493. The summed E-state index contributed by atoms with van der Waals surface area (Å²) < 4.78 is 22.4. The Morgan fingerprint density at radius 2 is 1.73 bits per heavy atom. The number of hydrogen-bond donors (Lipinski definition) is 1. The predicted octanol–water partition coefficient (Wildman–Crippen LogP) is 4.00. The molecule has 0 aliphatic carbocycles. The number of rotatable bonds is 7. The minimum Gasteiger partial charge on any atom is -0.497 e. The van der Waals surface area contributed by atoms with Crippen molar-refractivity contribution < 1.29 is 18.9 Å². The lowest BCUT2D eigenvalue weighted by atomic mass is 10.2. The average molecular weight is 404 g/mol. The second-order valence-corrected chi connectivity index (χ2v) is 6.34. The number of pyridine rings is 3. The Balaban J connectivity index is 1.60. The molecule has 0 radical (unpaired) electrons. The normalized spacial score (nSPS) is 10.6. The van der Waals surface area contributed by atoms with Gasteiger partial charge in [0.05, 0.1) is 31.6 Å². The zero-order valence-electron chi connectivity index (χ0n) is 16.5. The van der Waals surface area contributed by atoms with Gasteiger partial charge in [-0.3, -0.25) is 4.98 Å². The minimum atomic E-state index is 0.333. The van der Waals surface area contributed by atoms with Crippen LogP contribution in [0.15, 0.2) is 60.9 Å². The van der Waals surface area contributed by atoms with Crippen LogP contribution in [0.4, 0.5) is 5.69 Å². The van der Waals surface area contributed by atoms with E-state index in [9.17, 15) is 0 Å². The van der Waals surface area contributed by atoms with Crippen molar-refractivity contribution in [1.82, 2.24) is 15.0 Å². The summed E-state index contributed by atoms with van der Waals surface area (Å²) in [5.41, 5.74) is 8.35. The zero-order chi connectivity index (χ0) is 20.9. The molecular weight excluding hydrogens is 384 g/mol. The molecule has 0 amide bonds. The fraction of sp³-hybridized carbons (Fsp3) is 0.136. The van der Waals surface area contributed by atoms with E-state index in [1.807, 2.05) is 24.3 Å². The third-order valence-corrected chi connectivity index (χ3v) is 4.33. The van der Waals surface area contributed by atoms with Crippen LogP contribution in [0.3, 0.4) is 0 Å². The number of methoxy groups -OCH3 is 2. The highest BCUT2D eigenvalue weighted by atomic mass is 16.5. The van der Waals surface area contributed by atoms with E-state index in [2.05, 4.69) is 15.0 Å². The molecular formula is C22H20N4O4. The van der Waals surface area contributed by atoms with Crippen LogP contribution in [0, 0.1) is 0 Å². The molecule has 152 valence electrons. The topological polar surface area (TPSA) is 102 Å². The average Bonchev–Trinajstić information content (AvgIpc) is 2.79. The molecule has 0 fully saturated rings. The van der Waals surface area contributed by atoms with E-state index in [0.717, 1.165) is 11.3 Å². The predicted molar refractivity (Wildman–Crippen MR) is 112 cm³/mol. The molecule has 3 heterocycles. The Labute approximate surface area is 173 Å². The lowest BCUT2D eigenvalue weighted by molar-refractivity contribution is 0.280. The Hall–Kier alpha value is -4.07. The number of nitrogens with two attached hydrogens (primary N) is 1. The molecule has 8 nitrogen and oxygen atoms in total. The second kappa shape index (κ2) is 8.52. The van der Waals surface area contributed by atoms with Crippen molar-refractivity contribution in [3.63, 3.8) is 0 Å². The van der Waals surface area contributed by atoms with Gasteiger partial charge in [-0.1, -0.05) is 12.1 Å². The zero-order valence-corrected chi connectivity index (χ0v) is 16.5. The molecule has 1 aromatic carbocycles. The summed E-state index contributed by atoms with van der Waals surface area (Å²) in [4.78, 5) is 13.1. The van der Waals surface area contributed by atoms with Gasteiger partial charge in [0.1, 0.15) is 17.9 Å². The summed E-state index contributed by atoms with van der Waals surface area (Å²) in [6.45, 7) is 0.346. The summed E-state index contributed by atoms with van der Waals surface area (Å²) in [5, 5.41) is 0. The maximum atomic E-state index is 5.93. The van der Waals surface area contributed by atoms with Crippen molar-refractivity contribution in [2.45, 2.75) is 6.61 Å². The third-order valence-electron chi connectivity index (χ3n) is 4.33. The number of hydrogen-bond acceptors (Lipinski definition) is 8. The lowest BCUT2D eigenvalue weighted by Crippen LogP contribution is -2.01. The van der Waals surface area contributed by atoms with Gasteiger partial charge in [0, 0.05) is 24.4 Å². The van der Waals surface area contributed by atoms with Crippen LogP contribution in [-0.2, 0) is 6.61 Å². The molecule has 4 aromatic rings. The lowest BCUT2D eigenvalue weighted by Gasteiger charge is -2.13. The molecule has 0 atom stereocenters. The molecule has 30 heavy (non-hydrogen) atoms. The van der Waals surface area contributed by atoms with Crippen LogP contribution in [0.5, 0.6) is 29.0 Å². The molecule has 0 aliphatic rings. The Morgan fingerprint density at radius 3 is 2.43 bits per heavy atom. The number of fused-ring (bicyclic) bond motifs is 1. The Kier molecular flexibility index (Phi) is 5.47. The maximum absolute atomic E-state index is 5.93. The van der Waals surface area contributed by atoms with Crippen molar-refractivity contribution in [3.05, 3.63) is 66.5 Å². The molecule has 0 spiro atoms. The van der Waals surface area contributed by atoms with E-state index in [1.54, 1.807) is 37.6 Å². The van der Waals surface area contributed by atoms with Crippen LogP contribution in [0.2, 0.25) is 0 Å². The van der Waals surface area contributed by atoms with E-state index >= 15 is 0 Å². The first-order valence-corrected chi connectivity index (χ1v) is 9.15. The summed E-state index contributed by atoms with van der Waals surface area (Å²) in [7, 11) is 3.16. The number of anilines is 1. The van der Waals surface area contributed by atoms with Gasteiger partial charge in [-0.25, -0.2) is 9.97 Å². The van der Waals surface area contributed by atoms with Crippen molar-refractivity contribution >= 4 is 16.7 Å². The monoisotopic (exact) mass is 404 g/mol. The largest absolute Gasteiger partial charge is 0.497 e. The van der Waals surface area contributed by atoms with Gasteiger partial charge in [-0.15, -0.1) is 0 Å². The van der Waals surface area contributed by atoms with Gasteiger partial charge in [-0.2, -0.15) is 0 Å². The highest BCUT2D eigenvalue weighted by Crippen LogP contribution is 2.34. The van der Waals surface area contributed by atoms with Crippen LogP contribution in [-0.4, -0.2) is 29.2 Å². The number of benzene rings is 1. The molecule has 0 bridgehead atoms. The molecule has 0 saturated carbocycles. The highest BCUT2D eigenvalue weighted by Gasteiger charge is 2.14. The fourth-order valence-corrected chi connectivity index (χ4v) is 2.79. The third kappa shape index (κ3) is 4.17. The summed E-state index contributed by atoms with van der Waals surface area (Å²) >= 11 is 0. The summed E-state index contributed by atoms with van der Waals surface area (Å²) in [5.74, 6) is 2.50. The first-order valence-electron chi connectivity index (χ1n) is 9.15. The number of nitrogens with zero attached hydrogens (tertiary/aromatic N) is 3. The van der Waals surface area contributed by atoms with Gasteiger partial charge in [0.15, 0.2) is 11.5 Å². The van der Waals surface area contributed by atoms with Crippen LogP contribution < -0.4 is 24.7 Å². The molecule has 8 heteroatoms. The number of ether oxygens (including phenoxy) is 4. The first kappa shape index (κ1) is 19.3. The second-order valence-electron chi connectivity index (χ2n) is 6.34. The van der Waals surface area contributed by atoms with E-state index in [1.165, 1.54) is 13.3 Å². The van der Waals surface area contributed by atoms with E-state index < -0.39 is 0 Å². The van der Waals surface area contributed by atoms with Crippen LogP contribution >= 0.6 is 0 Å². The van der Waals surface area contributed by atoms with Crippen molar-refractivity contribution in [1.29, 1.82) is 0 Å². The molecule has 0 unspecified atom stereocenters. The van der Waals surface area contributed by atoms with E-state index in [4.69, 9.17) is 24.7 Å². The number of aromatic nitrogens is 3. The van der Waals surface area contributed by atoms with E-state index in [-0.39, 0.29) is 0 Å². The molecule has 2 N–H and O–H groups in total. The van der Waals surface area contributed by atoms with Crippen LogP contribution in [0.1, 0.15) is 5.56 Å². The van der Waals surface area contributed by atoms with Crippen molar-refractivity contribution in [2.75, 3.05) is 20.0 Å². The van der Waals surface area contributed by atoms with Gasteiger partial charge in [0.25, 0.3) is 5.88 Å². The van der Waals surface area contributed by atoms with Gasteiger partial charge >= 0.3 is 0 Å². The van der Waals surface area contributed by atoms with Crippen LogP contribution in [0.25, 0.3) is 11.0 Å². The first-order chi connectivity index (χ1) is 14.7. The Morgan fingerprint density at radius 1 is 0.900 bits per heavy atom. The van der Waals surface area contributed by atoms with E-state index in [0.29, 0.717) is 46.6 Å². The van der Waals surface area contributed by atoms with Gasteiger partial charge in [0.2, 0.25) is 5.88 Å². The fourth-order valence-electron chi connectivity index (χ4n) is 2.79. The summed E-state index contributed by atoms with van der Waals surface area (Å²) in [6, 6.07) is 14.5. The SMILES string of the molecule is COc1ccc(COc2cc3nccc(Oc4ccc(N)cn4)c3nc2OC)cc1. The standard InChI is InChI=1S/C22H20N4O4/c1-27-16-6-3-14(4-7-16)13-29-19-11-17-21(26-22(19)28-2)18(9-10-24-17)30-20-8-5-15(23)12-25-20/h3-12H,13,23H2,1-2H3. The summed E-state index contributed by atoms with van der Waals surface area (Å²) in [6.07, 6.45) is 3.16. The molecule has 0 saturated heterocycles. The van der Waals surface area contributed by atoms with Gasteiger partial charge < -0.3 is 24.7 Å². The Bertz CT molecular complexity index is 1150. The molecule has 4 rings (SSSR count). The van der Waals surface area contributed by atoms with Gasteiger partial charge in [-0.05, 0) is 23.8 Å². The van der Waals surface area contributed by atoms with Crippen molar-refractivity contribution in [2.24, 2.45) is 0 Å². The molecule has 3 aromatic heterocycles. The molecule has 0 aliphatic heterocycles.